The molecule has 2 heterocycles. The van der Waals surface area contributed by atoms with Gasteiger partial charge in [0.25, 0.3) is 5.91 Å². The Morgan fingerprint density at radius 1 is 1.18 bits per heavy atom. The van der Waals surface area contributed by atoms with E-state index in [2.05, 4.69) is 22.4 Å². The molecule has 9 heteroatoms. The van der Waals surface area contributed by atoms with Gasteiger partial charge in [-0.05, 0) is 29.3 Å². The molecule has 1 aliphatic heterocycles. The predicted octanol–water partition coefficient (Wildman–Crippen LogP) is 4.97. The number of thioether (sulfide) groups is 1. The summed E-state index contributed by atoms with van der Waals surface area (Å²) in [4.78, 5) is 32.6. The first-order chi connectivity index (χ1) is 16.0. The molecule has 0 atom stereocenters. The third kappa shape index (κ3) is 6.07. The fourth-order valence-electron chi connectivity index (χ4n) is 3.18. The minimum Gasteiger partial charge on any atom is -0.497 e. The normalized spacial score (nSPS) is 14.7. The van der Waals surface area contributed by atoms with Crippen LogP contribution in [0.2, 0.25) is 0 Å². The quantitative estimate of drug-likeness (QED) is 0.351. The number of anilines is 1. The molecule has 2 aromatic carbocycles. The number of carbonyl (C=O) groups is 2. The topological polar surface area (TPSA) is 71.5 Å². The lowest BCUT2D eigenvalue weighted by atomic mass is 10.1. The highest BCUT2D eigenvalue weighted by Gasteiger charge is 2.32. The average molecular weight is 496 g/mol. The fourth-order valence-corrected chi connectivity index (χ4v) is 5.35. The Balaban J connectivity index is 1.30. The Morgan fingerprint density at radius 2 is 1.94 bits per heavy atom. The molecule has 0 radical (unpaired) electrons. The van der Waals surface area contributed by atoms with Crippen LogP contribution in [-0.4, -0.2) is 39.7 Å². The van der Waals surface area contributed by atoms with Crippen molar-refractivity contribution in [2.45, 2.75) is 12.8 Å². The summed E-state index contributed by atoms with van der Waals surface area (Å²) in [7, 11) is 1.61. The second kappa shape index (κ2) is 10.7. The molecule has 33 heavy (non-hydrogen) atoms. The number of amides is 2. The number of carbonyl (C=O) groups excluding carboxylic acids is 2. The fraction of sp³-hybridized carbons (Fsp3) is 0.167. The molecule has 3 aromatic rings. The van der Waals surface area contributed by atoms with E-state index < -0.39 is 0 Å². The molecule has 2 amide bonds. The first-order valence-electron chi connectivity index (χ1n) is 10.2. The Labute approximate surface area is 205 Å². The largest absolute Gasteiger partial charge is 0.497 e. The number of methoxy groups -OCH3 is 1. The van der Waals surface area contributed by atoms with Crippen LogP contribution in [0, 0.1) is 0 Å². The molecule has 4 rings (SSSR count). The molecule has 1 aliphatic rings. The molecule has 0 aliphatic carbocycles. The third-order valence-corrected chi connectivity index (χ3v) is 7.16. The summed E-state index contributed by atoms with van der Waals surface area (Å²) in [5.74, 6) is 0.356. The van der Waals surface area contributed by atoms with Crippen LogP contribution in [0.3, 0.4) is 0 Å². The molecule has 0 spiro atoms. The smallest absolute Gasteiger partial charge is 0.266 e. The summed E-state index contributed by atoms with van der Waals surface area (Å²) in [5, 5.41) is 3.37. The maximum Gasteiger partial charge on any atom is 0.266 e. The van der Waals surface area contributed by atoms with Crippen LogP contribution in [0.15, 0.2) is 65.7 Å². The highest BCUT2D eigenvalue weighted by molar-refractivity contribution is 8.26. The van der Waals surface area contributed by atoms with Crippen LogP contribution in [0.5, 0.6) is 5.75 Å². The van der Waals surface area contributed by atoms with Crippen molar-refractivity contribution < 1.29 is 14.3 Å². The second-order valence-electron chi connectivity index (χ2n) is 7.20. The maximum atomic E-state index is 12.8. The van der Waals surface area contributed by atoms with E-state index in [1.807, 2.05) is 42.5 Å². The summed E-state index contributed by atoms with van der Waals surface area (Å²) >= 11 is 8.05. The highest BCUT2D eigenvalue weighted by atomic mass is 32.2. The number of benzene rings is 2. The van der Waals surface area contributed by atoms with E-state index in [4.69, 9.17) is 17.0 Å². The van der Waals surface area contributed by atoms with Gasteiger partial charge in [-0.3, -0.25) is 14.5 Å². The first-order valence-corrected chi connectivity index (χ1v) is 12.2. The zero-order chi connectivity index (χ0) is 23.2. The molecule has 1 fully saturated rings. The van der Waals surface area contributed by atoms with Gasteiger partial charge in [-0.25, -0.2) is 4.98 Å². The summed E-state index contributed by atoms with van der Waals surface area (Å²) in [6, 6.07) is 17.5. The van der Waals surface area contributed by atoms with Crippen LogP contribution < -0.4 is 10.1 Å². The van der Waals surface area contributed by atoms with Crippen molar-refractivity contribution in [1.82, 2.24) is 9.88 Å². The number of thiazole rings is 1. The molecule has 1 aromatic heterocycles. The van der Waals surface area contributed by atoms with Crippen molar-refractivity contribution >= 4 is 62.7 Å². The van der Waals surface area contributed by atoms with E-state index in [9.17, 15) is 9.59 Å². The molecular weight excluding hydrogens is 474 g/mol. The number of nitrogens with zero attached hydrogens (tertiary/aromatic N) is 2. The molecule has 1 N–H and O–H groups in total. The average Bonchev–Trinajstić information content (AvgIpc) is 3.36. The highest BCUT2D eigenvalue weighted by Crippen LogP contribution is 2.33. The van der Waals surface area contributed by atoms with Gasteiger partial charge in [-0.2, -0.15) is 0 Å². The second-order valence-corrected chi connectivity index (χ2v) is 9.99. The van der Waals surface area contributed by atoms with Gasteiger partial charge in [0.15, 0.2) is 5.13 Å². The molecule has 168 valence electrons. The van der Waals surface area contributed by atoms with Gasteiger partial charge in [-0.15, -0.1) is 11.3 Å². The minimum absolute atomic E-state index is 0.135. The van der Waals surface area contributed by atoms with Crippen molar-refractivity contribution in [3.63, 3.8) is 0 Å². The Morgan fingerprint density at radius 3 is 2.67 bits per heavy atom. The number of nitrogens with one attached hydrogen (secondary N) is 1. The van der Waals surface area contributed by atoms with Crippen LogP contribution in [0.25, 0.3) is 6.08 Å². The van der Waals surface area contributed by atoms with Crippen LogP contribution in [0.4, 0.5) is 5.13 Å². The van der Waals surface area contributed by atoms with Crippen molar-refractivity contribution in [1.29, 1.82) is 0 Å². The number of ether oxygens (including phenoxy) is 1. The van der Waals surface area contributed by atoms with E-state index in [-0.39, 0.29) is 24.8 Å². The standard InChI is InChI=1S/C24H21N3O3S3/c1-30-18-9-7-17(8-10-18)14-20-22(29)27(24(31)33-20)12-11-21(28)26-23-25-15-19(32-23)13-16-5-3-2-4-6-16/h2-10,14-15H,11-13H2,1H3,(H,25,26,28)/b20-14-. The number of rotatable bonds is 8. The van der Waals surface area contributed by atoms with Crippen molar-refractivity contribution in [3.8, 4) is 5.75 Å². The monoisotopic (exact) mass is 495 g/mol. The molecule has 1 saturated heterocycles. The number of hydrogen-bond donors (Lipinski definition) is 1. The van der Waals surface area contributed by atoms with Crippen molar-refractivity contribution in [2.75, 3.05) is 19.0 Å². The number of aromatic nitrogens is 1. The summed E-state index contributed by atoms with van der Waals surface area (Å²) in [6.07, 6.45) is 4.48. The van der Waals surface area contributed by atoms with Crippen LogP contribution in [0.1, 0.15) is 22.4 Å². The van der Waals surface area contributed by atoms with Crippen molar-refractivity contribution in [3.05, 3.63) is 81.7 Å². The summed E-state index contributed by atoms with van der Waals surface area (Å²) in [6.45, 7) is 0.221. The van der Waals surface area contributed by atoms with Crippen LogP contribution >= 0.6 is 35.3 Å². The predicted molar refractivity (Wildman–Crippen MR) is 137 cm³/mol. The summed E-state index contributed by atoms with van der Waals surface area (Å²) in [5.41, 5.74) is 2.07. The summed E-state index contributed by atoms with van der Waals surface area (Å²) < 4.78 is 5.61. The Kier molecular flexibility index (Phi) is 7.54. The lowest BCUT2D eigenvalue weighted by molar-refractivity contribution is -0.122. The lowest BCUT2D eigenvalue weighted by Gasteiger charge is -2.13. The van der Waals surface area contributed by atoms with E-state index in [0.717, 1.165) is 22.6 Å². The third-order valence-electron chi connectivity index (χ3n) is 4.87. The van der Waals surface area contributed by atoms with Gasteiger partial charge in [-0.1, -0.05) is 66.4 Å². The van der Waals surface area contributed by atoms with E-state index in [1.54, 1.807) is 19.4 Å². The lowest BCUT2D eigenvalue weighted by Crippen LogP contribution is -2.31. The van der Waals surface area contributed by atoms with Crippen molar-refractivity contribution in [2.24, 2.45) is 0 Å². The zero-order valence-electron chi connectivity index (χ0n) is 17.8. The molecule has 0 bridgehead atoms. The molecule has 0 saturated carbocycles. The number of thiocarbonyl (C=S) groups is 1. The molecular formula is C24H21N3O3S3. The molecule has 6 nitrogen and oxygen atoms in total. The van der Waals surface area contributed by atoms with Gasteiger partial charge < -0.3 is 10.1 Å². The van der Waals surface area contributed by atoms with Gasteiger partial charge in [0.05, 0.1) is 12.0 Å². The van der Waals surface area contributed by atoms with Gasteiger partial charge in [0.2, 0.25) is 5.91 Å². The van der Waals surface area contributed by atoms with Gasteiger partial charge in [0, 0.05) is 30.5 Å². The van der Waals surface area contributed by atoms with Gasteiger partial charge >= 0.3 is 0 Å². The molecule has 0 unspecified atom stereocenters. The number of hydrogen-bond acceptors (Lipinski definition) is 7. The Bertz CT molecular complexity index is 1190. The first kappa shape index (κ1) is 23.2. The maximum absolute atomic E-state index is 12.8. The SMILES string of the molecule is COc1ccc(/C=C2\SC(=S)N(CCC(=O)Nc3ncc(Cc4ccccc4)s3)C2=O)cc1. The zero-order valence-corrected chi connectivity index (χ0v) is 20.3. The van der Waals surface area contributed by atoms with E-state index in [0.29, 0.717) is 14.4 Å². The Hall–Kier alpha value is -3.01. The van der Waals surface area contributed by atoms with Crippen LogP contribution in [-0.2, 0) is 16.0 Å². The van der Waals surface area contributed by atoms with E-state index >= 15 is 0 Å². The van der Waals surface area contributed by atoms with E-state index in [1.165, 1.54) is 33.6 Å². The van der Waals surface area contributed by atoms with Gasteiger partial charge in [0.1, 0.15) is 10.1 Å². The minimum atomic E-state index is -0.205.